The summed E-state index contributed by atoms with van der Waals surface area (Å²) in [6.07, 6.45) is 0.435. The standard InChI is InChI=1S/C10H16N4O/c1-2-12-10(15)6-7-13-9-5-3-4-8(11)14-9/h3-5H,2,6-7H2,1H3,(H,12,15)(H3,11,13,14). The molecule has 0 saturated heterocycles. The molecule has 1 aromatic rings. The van der Waals surface area contributed by atoms with Gasteiger partial charge in [-0.1, -0.05) is 6.07 Å². The molecule has 0 fully saturated rings. The maximum Gasteiger partial charge on any atom is 0.221 e. The summed E-state index contributed by atoms with van der Waals surface area (Å²) >= 11 is 0. The van der Waals surface area contributed by atoms with Gasteiger partial charge in [0, 0.05) is 19.5 Å². The molecule has 0 aromatic carbocycles. The van der Waals surface area contributed by atoms with Crippen LogP contribution in [0.1, 0.15) is 13.3 Å². The van der Waals surface area contributed by atoms with Crippen LogP contribution in [-0.2, 0) is 4.79 Å². The molecule has 1 aromatic heterocycles. The maximum atomic E-state index is 11.1. The van der Waals surface area contributed by atoms with Crippen LogP contribution in [0, 0.1) is 0 Å². The molecule has 0 aliphatic heterocycles. The Hall–Kier alpha value is -1.78. The molecule has 0 radical (unpaired) electrons. The molecule has 82 valence electrons. The molecule has 1 rings (SSSR count). The van der Waals surface area contributed by atoms with Crippen molar-refractivity contribution in [3.05, 3.63) is 18.2 Å². The van der Waals surface area contributed by atoms with Gasteiger partial charge in [-0.2, -0.15) is 0 Å². The first-order valence-corrected chi connectivity index (χ1v) is 4.95. The number of amides is 1. The third-order valence-electron chi connectivity index (χ3n) is 1.80. The van der Waals surface area contributed by atoms with Gasteiger partial charge in [-0.15, -0.1) is 0 Å². The molecule has 0 aliphatic rings. The molecule has 1 heterocycles. The molecule has 0 aliphatic carbocycles. The van der Waals surface area contributed by atoms with Crippen LogP contribution in [0.15, 0.2) is 18.2 Å². The quantitative estimate of drug-likeness (QED) is 0.662. The second-order valence-corrected chi connectivity index (χ2v) is 3.08. The van der Waals surface area contributed by atoms with Gasteiger partial charge in [0.15, 0.2) is 0 Å². The first kappa shape index (κ1) is 11.3. The highest BCUT2D eigenvalue weighted by Gasteiger charge is 1.99. The van der Waals surface area contributed by atoms with E-state index in [-0.39, 0.29) is 5.91 Å². The Balaban J connectivity index is 2.28. The van der Waals surface area contributed by atoms with Crippen LogP contribution in [0.5, 0.6) is 0 Å². The second-order valence-electron chi connectivity index (χ2n) is 3.08. The Morgan fingerprint density at radius 3 is 3.00 bits per heavy atom. The number of nitrogen functional groups attached to an aromatic ring is 1. The number of nitrogens with zero attached hydrogens (tertiary/aromatic N) is 1. The number of anilines is 2. The molecule has 1 amide bonds. The number of hydrogen-bond acceptors (Lipinski definition) is 4. The lowest BCUT2D eigenvalue weighted by Crippen LogP contribution is -2.24. The molecule has 0 unspecified atom stereocenters. The van der Waals surface area contributed by atoms with Gasteiger partial charge in [0.05, 0.1) is 0 Å². The molecule has 15 heavy (non-hydrogen) atoms. The second kappa shape index (κ2) is 5.85. The summed E-state index contributed by atoms with van der Waals surface area (Å²) in [5, 5.41) is 5.74. The zero-order chi connectivity index (χ0) is 11.1. The fourth-order valence-electron chi connectivity index (χ4n) is 1.14. The number of rotatable bonds is 5. The molecule has 4 N–H and O–H groups in total. The summed E-state index contributed by atoms with van der Waals surface area (Å²) in [6, 6.07) is 5.35. The molecule has 0 atom stereocenters. The number of carbonyl (C=O) groups is 1. The van der Waals surface area contributed by atoms with Crippen LogP contribution >= 0.6 is 0 Å². The van der Waals surface area contributed by atoms with E-state index in [9.17, 15) is 4.79 Å². The van der Waals surface area contributed by atoms with E-state index in [0.29, 0.717) is 31.1 Å². The number of carbonyl (C=O) groups excluding carboxylic acids is 1. The lowest BCUT2D eigenvalue weighted by molar-refractivity contribution is -0.120. The SMILES string of the molecule is CCNC(=O)CCNc1cccc(N)n1. The van der Waals surface area contributed by atoms with E-state index in [0.717, 1.165) is 0 Å². The van der Waals surface area contributed by atoms with Crippen LogP contribution in [0.25, 0.3) is 0 Å². The third kappa shape index (κ3) is 4.30. The van der Waals surface area contributed by atoms with Gasteiger partial charge in [0.25, 0.3) is 0 Å². The van der Waals surface area contributed by atoms with Gasteiger partial charge < -0.3 is 16.4 Å². The van der Waals surface area contributed by atoms with Crippen LogP contribution in [0.2, 0.25) is 0 Å². The highest BCUT2D eigenvalue weighted by molar-refractivity contribution is 5.76. The van der Waals surface area contributed by atoms with Gasteiger partial charge >= 0.3 is 0 Å². The first-order valence-electron chi connectivity index (χ1n) is 4.95. The van der Waals surface area contributed by atoms with Crippen molar-refractivity contribution in [3.63, 3.8) is 0 Å². The minimum Gasteiger partial charge on any atom is -0.384 e. The van der Waals surface area contributed by atoms with E-state index in [1.165, 1.54) is 0 Å². The molecule has 5 heteroatoms. The van der Waals surface area contributed by atoms with Crippen molar-refractivity contribution in [1.29, 1.82) is 0 Å². The highest BCUT2D eigenvalue weighted by atomic mass is 16.1. The number of nitrogens with one attached hydrogen (secondary N) is 2. The molecular formula is C10H16N4O. The summed E-state index contributed by atoms with van der Waals surface area (Å²) < 4.78 is 0. The van der Waals surface area contributed by atoms with Crippen molar-refractivity contribution in [1.82, 2.24) is 10.3 Å². The van der Waals surface area contributed by atoms with Crippen molar-refractivity contribution >= 4 is 17.5 Å². The van der Waals surface area contributed by atoms with Gasteiger partial charge in [-0.25, -0.2) is 4.98 Å². The highest BCUT2D eigenvalue weighted by Crippen LogP contribution is 2.05. The van der Waals surface area contributed by atoms with Crippen LogP contribution in [0.3, 0.4) is 0 Å². The van der Waals surface area contributed by atoms with Crippen LogP contribution in [-0.4, -0.2) is 24.0 Å². The van der Waals surface area contributed by atoms with Gasteiger partial charge in [-0.3, -0.25) is 4.79 Å². The lowest BCUT2D eigenvalue weighted by Gasteiger charge is -2.05. The van der Waals surface area contributed by atoms with Crippen molar-refractivity contribution in [2.45, 2.75) is 13.3 Å². The first-order chi connectivity index (χ1) is 7.22. The monoisotopic (exact) mass is 208 g/mol. The summed E-state index contributed by atoms with van der Waals surface area (Å²) in [5.41, 5.74) is 5.51. The minimum atomic E-state index is 0.0360. The smallest absolute Gasteiger partial charge is 0.221 e. The maximum absolute atomic E-state index is 11.1. The lowest BCUT2D eigenvalue weighted by atomic mass is 10.3. The molecule has 0 saturated carbocycles. The number of nitrogens with two attached hydrogens (primary N) is 1. The van der Waals surface area contributed by atoms with Gasteiger partial charge in [0.1, 0.15) is 11.6 Å². The minimum absolute atomic E-state index is 0.0360. The predicted molar refractivity (Wildman–Crippen MR) is 60.4 cm³/mol. The zero-order valence-electron chi connectivity index (χ0n) is 8.79. The summed E-state index contributed by atoms with van der Waals surface area (Å²) in [7, 11) is 0. The fourth-order valence-corrected chi connectivity index (χ4v) is 1.14. The third-order valence-corrected chi connectivity index (χ3v) is 1.80. The largest absolute Gasteiger partial charge is 0.384 e. The number of hydrogen-bond donors (Lipinski definition) is 3. The van der Waals surface area contributed by atoms with E-state index in [4.69, 9.17) is 5.73 Å². The predicted octanol–water partition coefficient (Wildman–Crippen LogP) is 0.602. The Morgan fingerprint density at radius 2 is 2.33 bits per heavy atom. The molecule has 5 nitrogen and oxygen atoms in total. The van der Waals surface area contributed by atoms with Crippen molar-refractivity contribution in [2.75, 3.05) is 24.1 Å². The summed E-state index contributed by atoms with van der Waals surface area (Å²) in [6.45, 7) is 3.11. The van der Waals surface area contributed by atoms with Crippen molar-refractivity contribution < 1.29 is 4.79 Å². The fraction of sp³-hybridized carbons (Fsp3) is 0.400. The molecule has 0 bridgehead atoms. The topological polar surface area (TPSA) is 80.0 Å². The Bertz CT molecular complexity index is 327. The van der Waals surface area contributed by atoms with Crippen molar-refractivity contribution in [3.8, 4) is 0 Å². The van der Waals surface area contributed by atoms with E-state index in [1.807, 2.05) is 19.1 Å². The van der Waals surface area contributed by atoms with Gasteiger partial charge in [0.2, 0.25) is 5.91 Å². The Labute approximate surface area is 89.1 Å². The summed E-state index contributed by atoms with van der Waals surface area (Å²) in [4.78, 5) is 15.2. The zero-order valence-corrected chi connectivity index (χ0v) is 8.79. The van der Waals surface area contributed by atoms with Crippen LogP contribution < -0.4 is 16.4 Å². The number of aromatic nitrogens is 1. The average molecular weight is 208 g/mol. The Kier molecular flexibility index (Phi) is 4.40. The van der Waals surface area contributed by atoms with E-state index in [1.54, 1.807) is 6.07 Å². The van der Waals surface area contributed by atoms with E-state index >= 15 is 0 Å². The van der Waals surface area contributed by atoms with Crippen molar-refractivity contribution in [2.24, 2.45) is 0 Å². The molecule has 0 spiro atoms. The van der Waals surface area contributed by atoms with E-state index in [2.05, 4.69) is 15.6 Å². The average Bonchev–Trinajstić information content (AvgIpc) is 2.18. The van der Waals surface area contributed by atoms with Gasteiger partial charge in [-0.05, 0) is 19.1 Å². The van der Waals surface area contributed by atoms with E-state index < -0.39 is 0 Å². The van der Waals surface area contributed by atoms with Crippen LogP contribution in [0.4, 0.5) is 11.6 Å². The Morgan fingerprint density at radius 1 is 1.53 bits per heavy atom. The summed E-state index contributed by atoms with van der Waals surface area (Å²) in [5.74, 6) is 1.20. The molecular weight excluding hydrogens is 192 g/mol. The number of pyridine rings is 1. The normalized spacial score (nSPS) is 9.67.